The molecule has 2 rings (SSSR count). The molecule has 2 aliphatic rings. The molecule has 0 aromatic heterocycles. The van der Waals surface area contributed by atoms with Crippen LogP contribution in [0.1, 0.15) is 12.8 Å². The number of amides is 1. The average molecular weight is 227 g/mol. The molecule has 1 atom stereocenters. The van der Waals surface area contributed by atoms with E-state index in [-0.39, 0.29) is 12.0 Å². The Morgan fingerprint density at radius 3 is 2.62 bits per heavy atom. The zero-order valence-corrected chi connectivity index (χ0v) is 9.73. The smallest absolute Gasteiger partial charge is 0.251 e. The monoisotopic (exact) mass is 227 g/mol. The lowest BCUT2D eigenvalue weighted by atomic mass is 10.2. The summed E-state index contributed by atoms with van der Waals surface area (Å²) in [5.74, 6) is 0.185. The molecule has 1 unspecified atom stereocenters. The normalized spacial score (nSPS) is 27.3. The Morgan fingerprint density at radius 1 is 1.31 bits per heavy atom. The summed E-state index contributed by atoms with van der Waals surface area (Å²) < 4.78 is 5.42. The van der Waals surface area contributed by atoms with E-state index in [0.717, 1.165) is 52.2 Å². The largest absolute Gasteiger partial charge is 0.368 e. The first-order chi connectivity index (χ1) is 7.81. The summed E-state index contributed by atoms with van der Waals surface area (Å²) in [6.07, 6.45) is 1.74. The molecule has 5 heteroatoms. The van der Waals surface area contributed by atoms with Crippen molar-refractivity contribution in [1.29, 1.82) is 0 Å². The fourth-order valence-corrected chi connectivity index (χ4v) is 2.35. The molecule has 16 heavy (non-hydrogen) atoms. The highest BCUT2D eigenvalue weighted by atomic mass is 16.5. The molecule has 2 aliphatic heterocycles. The van der Waals surface area contributed by atoms with E-state index in [0.29, 0.717) is 6.54 Å². The summed E-state index contributed by atoms with van der Waals surface area (Å²) in [6.45, 7) is 5.88. The lowest BCUT2D eigenvalue weighted by Gasteiger charge is -2.35. The first kappa shape index (κ1) is 11.8. The molecule has 5 nitrogen and oxygen atoms in total. The molecule has 0 aliphatic carbocycles. The van der Waals surface area contributed by atoms with E-state index in [2.05, 4.69) is 4.90 Å². The molecule has 0 radical (unpaired) electrons. The van der Waals surface area contributed by atoms with Gasteiger partial charge >= 0.3 is 0 Å². The molecule has 2 fully saturated rings. The van der Waals surface area contributed by atoms with Crippen LogP contribution in [0.5, 0.6) is 0 Å². The van der Waals surface area contributed by atoms with Crippen molar-refractivity contribution in [2.24, 2.45) is 5.73 Å². The van der Waals surface area contributed by atoms with Gasteiger partial charge in [0.05, 0.1) is 0 Å². The molecular formula is C11H21N3O2. The first-order valence-corrected chi connectivity index (χ1v) is 6.14. The minimum Gasteiger partial charge on any atom is -0.368 e. The van der Waals surface area contributed by atoms with Gasteiger partial charge in [-0.3, -0.25) is 9.69 Å². The summed E-state index contributed by atoms with van der Waals surface area (Å²) in [6, 6.07) is 0. The predicted octanol–water partition coefficient (Wildman–Crippen LogP) is -0.732. The van der Waals surface area contributed by atoms with Crippen LogP contribution in [0, 0.1) is 0 Å². The van der Waals surface area contributed by atoms with Crippen LogP contribution in [0.3, 0.4) is 0 Å². The zero-order chi connectivity index (χ0) is 11.4. The van der Waals surface area contributed by atoms with Gasteiger partial charge in [0.25, 0.3) is 5.91 Å². The summed E-state index contributed by atoms with van der Waals surface area (Å²) in [5.41, 5.74) is 5.51. The van der Waals surface area contributed by atoms with Crippen molar-refractivity contribution in [1.82, 2.24) is 9.80 Å². The number of nitrogens with two attached hydrogens (primary N) is 1. The summed E-state index contributed by atoms with van der Waals surface area (Å²) in [4.78, 5) is 16.3. The van der Waals surface area contributed by atoms with Crippen LogP contribution in [0.4, 0.5) is 0 Å². The second-order valence-corrected chi connectivity index (χ2v) is 4.46. The molecule has 0 spiro atoms. The van der Waals surface area contributed by atoms with Gasteiger partial charge in [0.1, 0.15) is 6.10 Å². The Hall–Kier alpha value is -0.650. The molecular weight excluding hydrogens is 206 g/mol. The maximum absolute atomic E-state index is 12.0. The standard InChI is InChI=1S/C11H21N3O2/c12-3-4-13-5-7-14(8-6-13)11(15)10-2-1-9-16-10/h10H,1-9,12H2. The average Bonchev–Trinajstić information content (AvgIpc) is 2.83. The van der Waals surface area contributed by atoms with Gasteiger partial charge in [-0.2, -0.15) is 0 Å². The zero-order valence-electron chi connectivity index (χ0n) is 9.73. The van der Waals surface area contributed by atoms with Gasteiger partial charge in [-0.25, -0.2) is 0 Å². The van der Waals surface area contributed by atoms with Crippen LogP contribution in [0.2, 0.25) is 0 Å². The molecule has 0 aromatic rings. The van der Waals surface area contributed by atoms with E-state index in [1.165, 1.54) is 0 Å². The Morgan fingerprint density at radius 2 is 2.06 bits per heavy atom. The van der Waals surface area contributed by atoms with Crippen molar-refractivity contribution >= 4 is 5.91 Å². The topological polar surface area (TPSA) is 58.8 Å². The Kier molecular flexibility index (Phi) is 4.15. The SMILES string of the molecule is NCCN1CCN(C(=O)C2CCCO2)CC1. The van der Waals surface area contributed by atoms with E-state index in [4.69, 9.17) is 10.5 Å². The van der Waals surface area contributed by atoms with Crippen molar-refractivity contribution in [3.05, 3.63) is 0 Å². The van der Waals surface area contributed by atoms with Crippen LogP contribution in [0.15, 0.2) is 0 Å². The quantitative estimate of drug-likeness (QED) is 0.690. The van der Waals surface area contributed by atoms with Crippen LogP contribution in [-0.2, 0) is 9.53 Å². The maximum atomic E-state index is 12.0. The number of hydrogen-bond acceptors (Lipinski definition) is 4. The number of carbonyl (C=O) groups is 1. The highest BCUT2D eigenvalue weighted by molar-refractivity contribution is 5.81. The van der Waals surface area contributed by atoms with E-state index >= 15 is 0 Å². The number of ether oxygens (including phenoxy) is 1. The molecule has 2 saturated heterocycles. The summed E-state index contributed by atoms with van der Waals surface area (Å²) in [5, 5.41) is 0. The molecule has 2 heterocycles. The Bertz CT molecular complexity index is 233. The lowest BCUT2D eigenvalue weighted by molar-refractivity contribution is -0.142. The number of piperazine rings is 1. The van der Waals surface area contributed by atoms with Gasteiger partial charge in [0, 0.05) is 45.9 Å². The van der Waals surface area contributed by atoms with Crippen LogP contribution >= 0.6 is 0 Å². The van der Waals surface area contributed by atoms with Crippen molar-refractivity contribution < 1.29 is 9.53 Å². The number of nitrogens with zero attached hydrogens (tertiary/aromatic N) is 2. The highest BCUT2D eigenvalue weighted by Gasteiger charge is 2.29. The second kappa shape index (κ2) is 5.61. The fraction of sp³-hybridized carbons (Fsp3) is 0.909. The lowest BCUT2D eigenvalue weighted by Crippen LogP contribution is -2.52. The molecule has 2 N–H and O–H groups in total. The van der Waals surface area contributed by atoms with Crippen molar-refractivity contribution in [3.8, 4) is 0 Å². The van der Waals surface area contributed by atoms with E-state index in [1.54, 1.807) is 0 Å². The predicted molar refractivity (Wildman–Crippen MR) is 61.0 cm³/mol. The van der Waals surface area contributed by atoms with Gasteiger partial charge in [-0.05, 0) is 12.8 Å². The van der Waals surface area contributed by atoms with Gasteiger partial charge in [-0.1, -0.05) is 0 Å². The van der Waals surface area contributed by atoms with Gasteiger partial charge in [-0.15, -0.1) is 0 Å². The van der Waals surface area contributed by atoms with Crippen molar-refractivity contribution in [2.45, 2.75) is 18.9 Å². The van der Waals surface area contributed by atoms with Crippen molar-refractivity contribution in [3.63, 3.8) is 0 Å². The fourth-order valence-electron chi connectivity index (χ4n) is 2.35. The highest BCUT2D eigenvalue weighted by Crippen LogP contribution is 2.15. The molecule has 0 aromatic carbocycles. The van der Waals surface area contributed by atoms with Gasteiger partial charge in [0.15, 0.2) is 0 Å². The van der Waals surface area contributed by atoms with Crippen LogP contribution in [-0.4, -0.2) is 67.7 Å². The van der Waals surface area contributed by atoms with Gasteiger partial charge in [0.2, 0.25) is 0 Å². The van der Waals surface area contributed by atoms with E-state index < -0.39 is 0 Å². The van der Waals surface area contributed by atoms with Crippen LogP contribution in [0.25, 0.3) is 0 Å². The molecule has 92 valence electrons. The Labute approximate surface area is 96.5 Å². The number of rotatable bonds is 3. The maximum Gasteiger partial charge on any atom is 0.251 e. The van der Waals surface area contributed by atoms with Crippen molar-refractivity contribution in [2.75, 3.05) is 45.9 Å². The molecule has 0 saturated carbocycles. The Balaban J connectivity index is 1.77. The molecule has 0 bridgehead atoms. The minimum atomic E-state index is -0.166. The third-order valence-electron chi connectivity index (χ3n) is 3.33. The van der Waals surface area contributed by atoms with Gasteiger partial charge < -0.3 is 15.4 Å². The number of hydrogen-bond donors (Lipinski definition) is 1. The summed E-state index contributed by atoms with van der Waals surface area (Å²) >= 11 is 0. The molecule has 1 amide bonds. The van der Waals surface area contributed by atoms with E-state index in [1.807, 2.05) is 4.90 Å². The number of carbonyl (C=O) groups excluding carboxylic acids is 1. The third-order valence-corrected chi connectivity index (χ3v) is 3.33. The van der Waals surface area contributed by atoms with Crippen LogP contribution < -0.4 is 5.73 Å². The second-order valence-electron chi connectivity index (χ2n) is 4.46. The van der Waals surface area contributed by atoms with E-state index in [9.17, 15) is 4.79 Å². The minimum absolute atomic E-state index is 0.166. The summed E-state index contributed by atoms with van der Waals surface area (Å²) in [7, 11) is 0. The first-order valence-electron chi connectivity index (χ1n) is 6.14. The third kappa shape index (κ3) is 2.72.